The van der Waals surface area contributed by atoms with E-state index in [4.69, 9.17) is 26.1 Å². The van der Waals surface area contributed by atoms with Gasteiger partial charge in [0, 0.05) is 35.8 Å². The Morgan fingerprint density at radius 1 is 1.02 bits per heavy atom. The third-order valence-electron chi connectivity index (χ3n) is 8.89. The molecule has 246 valence electrons. The van der Waals surface area contributed by atoms with Crippen LogP contribution in [-0.4, -0.2) is 47.1 Å². The van der Waals surface area contributed by atoms with Gasteiger partial charge in [0.05, 0.1) is 12.3 Å². The van der Waals surface area contributed by atoms with Gasteiger partial charge in [-0.25, -0.2) is 9.97 Å². The van der Waals surface area contributed by atoms with Crippen molar-refractivity contribution in [2.75, 3.05) is 29.9 Å². The Labute approximate surface area is 278 Å². The quantitative estimate of drug-likeness (QED) is 0.226. The number of nitrogens with zero attached hydrogens (tertiary/aromatic N) is 3. The van der Waals surface area contributed by atoms with Crippen LogP contribution in [-0.2, 0) is 38.5 Å². The molecule has 2 heterocycles. The number of nitrogens with one attached hydrogen (secondary N) is 1. The number of carbonyl (C=O) groups excluding carboxylic acids is 2. The van der Waals surface area contributed by atoms with Crippen molar-refractivity contribution >= 4 is 35.2 Å². The average Bonchev–Trinajstić information content (AvgIpc) is 3.03. The summed E-state index contributed by atoms with van der Waals surface area (Å²) in [5.41, 5.74) is 5.47. The van der Waals surface area contributed by atoms with Gasteiger partial charge in [0.15, 0.2) is 0 Å². The molecule has 1 aliphatic carbocycles. The second kappa shape index (κ2) is 14.8. The first-order valence-electron chi connectivity index (χ1n) is 16.5. The Morgan fingerprint density at radius 3 is 2.46 bits per heavy atom. The van der Waals surface area contributed by atoms with Crippen LogP contribution >= 0.6 is 11.6 Å². The highest BCUT2D eigenvalue weighted by atomic mass is 35.5. The third-order valence-corrected chi connectivity index (χ3v) is 9.25. The highest BCUT2D eigenvalue weighted by molar-refractivity contribution is 6.31. The van der Waals surface area contributed by atoms with E-state index in [1.54, 1.807) is 17.7 Å². The molecular weight excluding hydrogens is 600 g/mol. The standard InChI is InChI=1S/C37H47ClN4O4/c1-24-34(39-22-31(36(44)46-37(3,4)5)21-33(43)45-23-30-12-8-9-13-32(30)38)40-25(2)41-35(24)42-18-16-27(17-19-42)29-15-14-26-10-6-7-11-28(26)20-29/h8-9,12-15,20,27,31H,6-7,10-11,16-19,21-23H2,1-5H3,(H,39,40,41)/t31-/m0/s1. The SMILES string of the molecule is Cc1nc(NC[C@H](CC(=O)OCc2ccccc2Cl)C(=O)OC(C)(C)C)c(C)c(N2CCC(c3ccc4c(c3)CCCC4)CC2)n1. The van der Waals surface area contributed by atoms with Gasteiger partial charge in [-0.15, -0.1) is 0 Å². The average molecular weight is 647 g/mol. The number of anilines is 2. The van der Waals surface area contributed by atoms with Crippen LogP contribution in [0.3, 0.4) is 0 Å². The molecule has 1 aromatic heterocycles. The Bertz CT molecular complexity index is 1540. The van der Waals surface area contributed by atoms with Gasteiger partial charge in [-0.1, -0.05) is 48.0 Å². The first-order chi connectivity index (χ1) is 22.0. The molecule has 0 unspecified atom stereocenters. The monoisotopic (exact) mass is 646 g/mol. The number of benzene rings is 2. The number of aromatic nitrogens is 2. The molecular formula is C37H47ClN4O4. The van der Waals surface area contributed by atoms with E-state index >= 15 is 0 Å². The molecule has 1 saturated heterocycles. The van der Waals surface area contributed by atoms with Crippen molar-refractivity contribution in [2.45, 2.75) is 97.7 Å². The Morgan fingerprint density at radius 2 is 1.74 bits per heavy atom. The molecule has 8 nitrogen and oxygen atoms in total. The van der Waals surface area contributed by atoms with Crippen LogP contribution in [0.25, 0.3) is 0 Å². The van der Waals surface area contributed by atoms with Crippen molar-refractivity contribution < 1.29 is 19.1 Å². The normalized spacial score (nSPS) is 16.0. The van der Waals surface area contributed by atoms with Crippen molar-refractivity contribution in [3.63, 3.8) is 0 Å². The summed E-state index contributed by atoms with van der Waals surface area (Å²) in [5.74, 6) is 1.01. The molecule has 0 bridgehead atoms. The van der Waals surface area contributed by atoms with Crippen molar-refractivity contribution in [1.82, 2.24) is 9.97 Å². The maximum absolute atomic E-state index is 13.2. The zero-order valence-corrected chi connectivity index (χ0v) is 28.6. The lowest BCUT2D eigenvalue weighted by molar-refractivity contribution is -0.163. The molecule has 0 radical (unpaired) electrons. The lowest BCUT2D eigenvalue weighted by Gasteiger charge is -2.34. The molecule has 3 aromatic rings. The number of rotatable bonds is 10. The Hall–Kier alpha value is -3.65. The minimum atomic E-state index is -0.775. The predicted octanol–water partition coefficient (Wildman–Crippen LogP) is 7.51. The molecule has 1 atom stereocenters. The molecule has 0 amide bonds. The maximum Gasteiger partial charge on any atom is 0.311 e. The molecule has 1 N–H and O–H groups in total. The third kappa shape index (κ3) is 8.78. The molecule has 1 fully saturated rings. The fraction of sp³-hybridized carbons (Fsp3) is 0.514. The van der Waals surface area contributed by atoms with Crippen LogP contribution in [0, 0.1) is 19.8 Å². The van der Waals surface area contributed by atoms with Crippen molar-refractivity contribution in [3.8, 4) is 0 Å². The highest BCUT2D eigenvalue weighted by Gasteiger charge is 2.29. The van der Waals surface area contributed by atoms with Crippen LogP contribution in [0.15, 0.2) is 42.5 Å². The van der Waals surface area contributed by atoms with E-state index in [0.29, 0.717) is 28.1 Å². The summed E-state index contributed by atoms with van der Waals surface area (Å²) in [5, 5.41) is 3.87. The number of fused-ring (bicyclic) bond motifs is 1. The molecule has 46 heavy (non-hydrogen) atoms. The predicted molar refractivity (Wildman–Crippen MR) is 182 cm³/mol. The number of hydrogen-bond donors (Lipinski definition) is 1. The minimum absolute atomic E-state index is 0.0315. The van der Waals surface area contributed by atoms with Crippen LogP contribution in [0.1, 0.15) is 92.4 Å². The lowest BCUT2D eigenvalue weighted by atomic mass is 9.84. The number of hydrogen-bond acceptors (Lipinski definition) is 8. The minimum Gasteiger partial charge on any atom is -0.461 e. The lowest BCUT2D eigenvalue weighted by Crippen LogP contribution is -2.35. The summed E-state index contributed by atoms with van der Waals surface area (Å²) < 4.78 is 11.2. The summed E-state index contributed by atoms with van der Waals surface area (Å²) in [6.45, 7) is 11.3. The van der Waals surface area contributed by atoms with Gasteiger partial charge in [-0.2, -0.15) is 0 Å². The van der Waals surface area contributed by atoms with Crippen molar-refractivity contribution in [2.24, 2.45) is 5.92 Å². The van der Waals surface area contributed by atoms with Crippen molar-refractivity contribution in [3.05, 3.63) is 81.1 Å². The van der Waals surface area contributed by atoms with Crippen LogP contribution in [0.5, 0.6) is 0 Å². The Kier molecular flexibility index (Phi) is 10.9. The van der Waals surface area contributed by atoms with Gasteiger partial charge in [-0.3, -0.25) is 9.59 Å². The second-order valence-electron chi connectivity index (χ2n) is 13.6. The molecule has 2 aromatic carbocycles. The summed E-state index contributed by atoms with van der Waals surface area (Å²) in [6.07, 6.45) is 7.01. The Balaban J connectivity index is 1.24. The smallest absolute Gasteiger partial charge is 0.311 e. The molecule has 0 saturated carbocycles. The zero-order chi connectivity index (χ0) is 32.8. The summed E-state index contributed by atoms with van der Waals surface area (Å²) in [7, 11) is 0. The number of halogens is 1. The molecule has 9 heteroatoms. The van der Waals surface area contributed by atoms with E-state index in [9.17, 15) is 9.59 Å². The van der Waals surface area contributed by atoms with E-state index in [-0.39, 0.29) is 19.6 Å². The largest absolute Gasteiger partial charge is 0.461 e. The van der Waals surface area contributed by atoms with E-state index in [0.717, 1.165) is 37.3 Å². The molecule has 0 spiro atoms. The topological polar surface area (TPSA) is 93.6 Å². The second-order valence-corrected chi connectivity index (χ2v) is 14.0. The van der Waals surface area contributed by atoms with Gasteiger partial charge in [0.2, 0.25) is 0 Å². The molecule has 1 aliphatic heterocycles. The zero-order valence-electron chi connectivity index (χ0n) is 27.8. The van der Waals surface area contributed by atoms with Gasteiger partial charge in [-0.05, 0) is 102 Å². The number of esters is 2. The van der Waals surface area contributed by atoms with Gasteiger partial charge in [0.25, 0.3) is 0 Å². The van der Waals surface area contributed by atoms with Crippen LogP contribution in [0.2, 0.25) is 5.02 Å². The fourth-order valence-electron chi connectivity index (χ4n) is 6.40. The van der Waals surface area contributed by atoms with E-state index in [1.165, 1.54) is 36.8 Å². The molecule has 5 rings (SSSR count). The number of aryl methyl sites for hydroxylation is 3. The summed E-state index contributed by atoms with van der Waals surface area (Å²) >= 11 is 6.22. The van der Waals surface area contributed by atoms with Crippen LogP contribution in [0.4, 0.5) is 11.6 Å². The van der Waals surface area contributed by atoms with Gasteiger partial charge in [0.1, 0.15) is 29.7 Å². The van der Waals surface area contributed by atoms with Gasteiger partial charge < -0.3 is 19.7 Å². The first kappa shape index (κ1) is 33.7. The number of ether oxygens (including phenoxy) is 2. The van der Waals surface area contributed by atoms with E-state index in [2.05, 4.69) is 33.4 Å². The van der Waals surface area contributed by atoms with Gasteiger partial charge >= 0.3 is 11.9 Å². The number of carbonyl (C=O) groups is 2. The molecule has 2 aliphatic rings. The highest BCUT2D eigenvalue weighted by Crippen LogP contribution is 2.34. The van der Waals surface area contributed by atoms with E-state index in [1.807, 2.05) is 46.8 Å². The first-order valence-corrected chi connectivity index (χ1v) is 16.9. The fourth-order valence-corrected chi connectivity index (χ4v) is 6.59. The van der Waals surface area contributed by atoms with Crippen LogP contribution < -0.4 is 10.2 Å². The summed E-state index contributed by atoms with van der Waals surface area (Å²) in [4.78, 5) is 37.9. The van der Waals surface area contributed by atoms with E-state index < -0.39 is 23.5 Å². The van der Waals surface area contributed by atoms with Crippen molar-refractivity contribution in [1.29, 1.82) is 0 Å². The maximum atomic E-state index is 13.2. The number of piperidine rings is 1. The summed E-state index contributed by atoms with van der Waals surface area (Å²) in [6, 6.07) is 14.4.